The molecule has 2 unspecified atom stereocenters. The summed E-state index contributed by atoms with van der Waals surface area (Å²) in [5.41, 5.74) is 2.32. The largest absolute Gasteiger partial charge is 0.512 e. The predicted molar refractivity (Wildman–Crippen MR) is 136 cm³/mol. The first-order valence-electron chi connectivity index (χ1n) is 12.3. The maximum Gasteiger partial charge on any atom is 0.148 e. The Hall–Kier alpha value is -3.17. The van der Waals surface area contributed by atoms with E-state index in [0.29, 0.717) is 37.7 Å². The first kappa shape index (κ1) is 22.6. The fourth-order valence-electron chi connectivity index (χ4n) is 5.46. The lowest BCUT2D eigenvalue weighted by atomic mass is 9.72. The summed E-state index contributed by atoms with van der Waals surface area (Å²) in [6.07, 6.45) is 3.61. The van der Waals surface area contributed by atoms with Gasteiger partial charge in [0.1, 0.15) is 5.78 Å². The van der Waals surface area contributed by atoms with Gasteiger partial charge in [0.05, 0.1) is 24.9 Å². The van der Waals surface area contributed by atoms with E-state index in [4.69, 9.17) is 4.74 Å². The number of carbonyl (C=O) groups is 1. The Bertz CT molecular complexity index is 1370. The highest BCUT2D eigenvalue weighted by molar-refractivity contribution is 5.90. The zero-order valence-electron chi connectivity index (χ0n) is 19.9. The highest BCUT2D eigenvalue weighted by atomic mass is 16.5. The molecule has 3 heteroatoms. The van der Waals surface area contributed by atoms with Crippen molar-refractivity contribution in [1.82, 2.24) is 0 Å². The van der Waals surface area contributed by atoms with E-state index in [9.17, 15) is 9.90 Å². The Kier molecular flexibility index (Phi) is 6.38. The molecule has 0 saturated carbocycles. The number of ketones is 1. The summed E-state index contributed by atoms with van der Waals surface area (Å²) in [4.78, 5) is 13.3. The lowest BCUT2D eigenvalue weighted by molar-refractivity contribution is -0.138. The second kappa shape index (κ2) is 9.60. The van der Waals surface area contributed by atoms with Crippen LogP contribution in [0.1, 0.15) is 49.7 Å². The van der Waals surface area contributed by atoms with E-state index in [-0.39, 0.29) is 23.5 Å². The zero-order chi connectivity index (χ0) is 23.7. The SMILES string of the molecule is CC(C)C1C=c2ccccc2=c2ccc3c(c21)C(C(=O)C1COC1)CCC=3O.c1ccccc1. The van der Waals surface area contributed by atoms with Gasteiger partial charge in [0, 0.05) is 23.5 Å². The summed E-state index contributed by atoms with van der Waals surface area (Å²) >= 11 is 0. The molecule has 3 aromatic carbocycles. The van der Waals surface area contributed by atoms with Gasteiger partial charge in [-0.2, -0.15) is 0 Å². The van der Waals surface area contributed by atoms with Crippen LogP contribution in [-0.2, 0) is 9.53 Å². The molecular formula is C31H32O3. The first-order valence-corrected chi connectivity index (χ1v) is 12.3. The third-order valence-electron chi connectivity index (χ3n) is 7.33. The molecule has 1 saturated heterocycles. The Morgan fingerprint density at radius 3 is 2.12 bits per heavy atom. The average Bonchev–Trinajstić information content (AvgIpc) is 2.83. The minimum absolute atomic E-state index is 0.00584. The van der Waals surface area contributed by atoms with Crippen molar-refractivity contribution in [2.75, 3.05) is 13.2 Å². The quantitative estimate of drug-likeness (QED) is 0.611. The molecule has 6 rings (SSSR count). The number of aliphatic hydroxyl groups excluding tert-OH is 1. The van der Waals surface area contributed by atoms with Gasteiger partial charge in [-0.15, -0.1) is 0 Å². The first-order chi connectivity index (χ1) is 16.6. The van der Waals surface area contributed by atoms with Crippen LogP contribution < -0.4 is 10.4 Å². The van der Waals surface area contributed by atoms with Gasteiger partial charge in [-0.3, -0.25) is 4.79 Å². The number of hydrogen-bond donors (Lipinski definition) is 1. The van der Waals surface area contributed by atoms with E-state index in [1.807, 2.05) is 42.5 Å². The van der Waals surface area contributed by atoms with Gasteiger partial charge in [0.2, 0.25) is 0 Å². The molecule has 2 atom stereocenters. The topological polar surface area (TPSA) is 46.5 Å². The van der Waals surface area contributed by atoms with Crippen molar-refractivity contribution in [2.45, 2.75) is 38.5 Å². The van der Waals surface area contributed by atoms with Gasteiger partial charge >= 0.3 is 0 Å². The van der Waals surface area contributed by atoms with Crippen molar-refractivity contribution in [3.63, 3.8) is 0 Å². The van der Waals surface area contributed by atoms with Crippen LogP contribution in [0, 0.1) is 22.3 Å². The molecule has 34 heavy (non-hydrogen) atoms. The number of benzene rings is 3. The maximum absolute atomic E-state index is 13.3. The number of rotatable bonds is 3. The molecule has 2 aliphatic carbocycles. The molecule has 0 spiro atoms. The predicted octanol–water partition coefficient (Wildman–Crippen LogP) is 4.95. The second-order valence-electron chi connectivity index (χ2n) is 9.84. The van der Waals surface area contributed by atoms with E-state index >= 15 is 0 Å². The van der Waals surface area contributed by atoms with Crippen LogP contribution in [0.3, 0.4) is 0 Å². The Morgan fingerprint density at radius 1 is 0.853 bits per heavy atom. The van der Waals surface area contributed by atoms with E-state index in [0.717, 1.165) is 10.8 Å². The van der Waals surface area contributed by atoms with Crippen LogP contribution in [0.2, 0.25) is 0 Å². The molecule has 1 fully saturated rings. The van der Waals surface area contributed by atoms with E-state index in [1.54, 1.807) is 0 Å². The fraction of sp³-hybridized carbons (Fsp3) is 0.323. The smallest absolute Gasteiger partial charge is 0.148 e. The van der Waals surface area contributed by atoms with Gasteiger partial charge in [0.25, 0.3) is 0 Å². The number of fused-ring (bicyclic) bond motifs is 4. The second-order valence-corrected chi connectivity index (χ2v) is 9.84. The lowest BCUT2D eigenvalue weighted by Gasteiger charge is -2.34. The van der Waals surface area contributed by atoms with Crippen LogP contribution >= 0.6 is 0 Å². The summed E-state index contributed by atoms with van der Waals surface area (Å²) in [5, 5.41) is 15.2. The van der Waals surface area contributed by atoms with E-state index in [1.165, 1.54) is 21.2 Å². The minimum atomic E-state index is -0.144. The van der Waals surface area contributed by atoms with Crippen molar-refractivity contribution < 1.29 is 14.6 Å². The van der Waals surface area contributed by atoms with Crippen LogP contribution in [0.15, 0.2) is 72.8 Å². The van der Waals surface area contributed by atoms with Gasteiger partial charge < -0.3 is 9.84 Å². The van der Waals surface area contributed by atoms with Gasteiger partial charge in [-0.05, 0) is 39.1 Å². The Balaban J connectivity index is 0.000000351. The third-order valence-corrected chi connectivity index (χ3v) is 7.33. The van der Waals surface area contributed by atoms with Crippen LogP contribution in [-0.4, -0.2) is 24.1 Å². The standard InChI is InChI=1S/C25H26O3.C6H6/c1-14(2)21-11-15-5-3-4-6-17(15)18-7-8-19-22(26)10-9-20(24(19)23(18)21)25(27)16-12-28-13-16;1-2-4-6-5-3-1/h3-8,11,14,16,20-21,26H,9-10,12-13H2,1-2H3;1-6H. The zero-order valence-corrected chi connectivity index (χ0v) is 19.9. The summed E-state index contributed by atoms with van der Waals surface area (Å²) in [7, 11) is 0. The normalized spacial score (nSPS) is 20.6. The van der Waals surface area contributed by atoms with E-state index < -0.39 is 0 Å². The average molecular weight is 453 g/mol. The Morgan fingerprint density at radius 2 is 1.50 bits per heavy atom. The van der Waals surface area contributed by atoms with Gasteiger partial charge in [-0.25, -0.2) is 0 Å². The summed E-state index contributed by atoms with van der Waals surface area (Å²) in [5.74, 6) is 1.22. The molecule has 3 nitrogen and oxygen atoms in total. The van der Waals surface area contributed by atoms with Crippen molar-refractivity contribution in [2.24, 2.45) is 11.8 Å². The van der Waals surface area contributed by atoms with Crippen molar-refractivity contribution >= 4 is 17.6 Å². The molecule has 1 aliphatic heterocycles. The number of Topliss-reactive ketones (excluding diaryl/α,β-unsaturated/α-hetero) is 1. The van der Waals surface area contributed by atoms with E-state index in [2.05, 4.69) is 50.3 Å². The molecule has 0 amide bonds. The highest BCUT2D eigenvalue weighted by Crippen LogP contribution is 2.39. The molecule has 0 aromatic heterocycles. The number of aliphatic hydroxyl groups is 1. The van der Waals surface area contributed by atoms with Crippen molar-refractivity contribution in [3.05, 3.63) is 105 Å². The van der Waals surface area contributed by atoms with Gasteiger partial charge in [0.15, 0.2) is 0 Å². The molecule has 0 bridgehead atoms. The molecule has 1 heterocycles. The fourth-order valence-corrected chi connectivity index (χ4v) is 5.46. The van der Waals surface area contributed by atoms with Gasteiger partial charge in [-0.1, -0.05) is 92.7 Å². The molecule has 3 aliphatic rings. The molecular weight excluding hydrogens is 420 g/mol. The summed E-state index contributed by atoms with van der Waals surface area (Å²) < 4.78 is 5.29. The van der Waals surface area contributed by atoms with Crippen LogP contribution in [0.25, 0.3) is 11.8 Å². The Labute approximate surface area is 200 Å². The number of carbonyl (C=O) groups excluding carboxylic acids is 1. The number of ether oxygens (including phenoxy) is 1. The highest BCUT2D eigenvalue weighted by Gasteiger charge is 2.38. The number of hydrogen-bond acceptors (Lipinski definition) is 3. The third kappa shape index (κ3) is 4.10. The molecule has 1 N–H and O–H groups in total. The maximum atomic E-state index is 13.3. The van der Waals surface area contributed by atoms with Crippen molar-refractivity contribution in [1.29, 1.82) is 0 Å². The summed E-state index contributed by atoms with van der Waals surface area (Å²) in [6, 6.07) is 24.7. The monoisotopic (exact) mass is 452 g/mol. The van der Waals surface area contributed by atoms with Crippen LogP contribution in [0.5, 0.6) is 0 Å². The lowest BCUT2D eigenvalue weighted by Crippen LogP contribution is -2.40. The summed E-state index contributed by atoms with van der Waals surface area (Å²) in [6.45, 7) is 5.55. The van der Waals surface area contributed by atoms with Crippen molar-refractivity contribution in [3.8, 4) is 0 Å². The molecule has 174 valence electrons. The molecule has 0 radical (unpaired) electrons. The van der Waals surface area contributed by atoms with Crippen LogP contribution in [0.4, 0.5) is 0 Å². The minimum Gasteiger partial charge on any atom is -0.512 e. The molecule has 3 aromatic rings.